The van der Waals surface area contributed by atoms with E-state index >= 15 is 0 Å². The Morgan fingerprint density at radius 3 is 3.06 bits per heavy atom. The first kappa shape index (κ1) is 14.5. The van der Waals surface area contributed by atoms with E-state index in [9.17, 15) is 0 Å². The fourth-order valence-corrected chi connectivity index (χ4v) is 4.08. The zero-order valence-corrected chi connectivity index (χ0v) is 13.4. The maximum absolute atomic E-state index is 5.72. The van der Waals surface area contributed by atoms with Crippen molar-refractivity contribution in [1.82, 2.24) is 5.32 Å². The Bertz CT molecular complexity index is 349. The molecule has 2 nitrogen and oxygen atoms in total. The maximum atomic E-state index is 5.72. The average Bonchev–Trinajstić information content (AvgIpc) is 3.01. The first-order valence-electron chi connectivity index (χ1n) is 6.87. The average molecular weight is 332 g/mol. The van der Waals surface area contributed by atoms with E-state index in [0.717, 1.165) is 13.2 Å². The van der Waals surface area contributed by atoms with Gasteiger partial charge in [0.2, 0.25) is 0 Å². The predicted octanol–water partition coefficient (Wildman–Crippen LogP) is 4.51. The van der Waals surface area contributed by atoms with Gasteiger partial charge in [0.15, 0.2) is 0 Å². The van der Waals surface area contributed by atoms with Crippen LogP contribution in [0.5, 0.6) is 0 Å². The molecular weight excluding hydrogens is 310 g/mol. The smallest absolute Gasteiger partial charge is 0.0576 e. The molecule has 2 atom stereocenters. The van der Waals surface area contributed by atoms with Crippen molar-refractivity contribution >= 4 is 27.3 Å². The topological polar surface area (TPSA) is 21.3 Å². The molecule has 2 rings (SSSR count). The number of hydrogen-bond acceptors (Lipinski definition) is 3. The number of nitrogens with one attached hydrogen (secondary N) is 1. The quantitative estimate of drug-likeness (QED) is 0.793. The third-order valence-corrected chi connectivity index (χ3v) is 5.21. The minimum Gasteiger partial charge on any atom is -0.378 e. The molecule has 1 aromatic rings. The van der Waals surface area contributed by atoms with Gasteiger partial charge in [-0.05, 0) is 65.5 Å². The van der Waals surface area contributed by atoms with Gasteiger partial charge in [0, 0.05) is 22.5 Å². The van der Waals surface area contributed by atoms with Crippen LogP contribution in [0.4, 0.5) is 0 Å². The van der Waals surface area contributed by atoms with Crippen LogP contribution in [0.3, 0.4) is 0 Å². The summed E-state index contributed by atoms with van der Waals surface area (Å²) in [4.78, 5) is 0. The highest BCUT2D eigenvalue weighted by Gasteiger charge is 2.20. The summed E-state index contributed by atoms with van der Waals surface area (Å²) in [5.41, 5.74) is 1.41. The van der Waals surface area contributed by atoms with Crippen molar-refractivity contribution in [3.63, 3.8) is 0 Å². The normalized spacial score (nSPS) is 21.3. The van der Waals surface area contributed by atoms with Crippen molar-refractivity contribution in [2.24, 2.45) is 0 Å². The maximum Gasteiger partial charge on any atom is 0.0576 e. The zero-order chi connectivity index (χ0) is 12.8. The molecule has 1 aliphatic heterocycles. The molecule has 1 aliphatic rings. The molecule has 0 aromatic carbocycles. The van der Waals surface area contributed by atoms with Gasteiger partial charge in [-0.3, -0.25) is 0 Å². The summed E-state index contributed by atoms with van der Waals surface area (Å²) in [6.45, 7) is 4.26. The fraction of sp³-hybridized carbons (Fsp3) is 0.714. The van der Waals surface area contributed by atoms with E-state index in [-0.39, 0.29) is 0 Å². The SMILES string of the molecule is CCCNC(CCC1CCCO1)c1cscc1Br. The number of ether oxygens (including phenoxy) is 1. The summed E-state index contributed by atoms with van der Waals surface area (Å²) in [6.07, 6.45) is 6.49. The van der Waals surface area contributed by atoms with Crippen molar-refractivity contribution < 1.29 is 4.74 Å². The predicted molar refractivity (Wildman–Crippen MR) is 81.3 cm³/mol. The van der Waals surface area contributed by atoms with Crippen LogP contribution in [0, 0.1) is 0 Å². The zero-order valence-electron chi connectivity index (χ0n) is 11.0. The minimum atomic E-state index is 0.467. The lowest BCUT2D eigenvalue weighted by Gasteiger charge is -2.20. The first-order chi connectivity index (χ1) is 8.81. The lowest BCUT2D eigenvalue weighted by atomic mass is 10.0. The van der Waals surface area contributed by atoms with Gasteiger partial charge < -0.3 is 10.1 Å². The molecule has 0 aliphatic carbocycles. The van der Waals surface area contributed by atoms with Crippen LogP contribution >= 0.6 is 27.3 Å². The van der Waals surface area contributed by atoms with Gasteiger partial charge in [0.05, 0.1) is 6.10 Å². The van der Waals surface area contributed by atoms with Crippen molar-refractivity contribution in [2.75, 3.05) is 13.2 Å². The highest BCUT2D eigenvalue weighted by atomic mass is 79.9. The molecule has 1 aromatic heterocycles. The summed E-state index contributed by atoms with van der Waals surface area (Å²) in [7, 11) is 0. The molecule has 18 heavy (non-hydrogen) atoms. The molecule has 1 N–H and O–H groups in total. The second kappa shape index (κ2) is 7.63. The van der Waals surface area contributed by atoms with Crippen LogP contribution in [-0.2, 0) is 4.74 Å². The lowest BCUT2D eigenvalue weighted by molar-refractivity contribution is 0.0996. The fourth-order valence-electron chi connectivity index (χ4n) is 2.45. The molecule has 1 saturated heterocycles. The van der Waals surface area contributed by atoms with Gasteiger partial charge in [0.1, 0.15) is 0 Å². The van der Waals surface area contributed by atoms with Crippen molar-refractivity contribution in [2.45, 2.75) is 51.2 Å². The molecule has 2 unspecified atom stereocenters. The Labute approximate surface area is 122 Å². The highest BCUT2D eigenvalue weighted by molar-refractivity contribution is 9.10. The first-order valence-corrected chi connectivity index (χ1v) is 8.61. The van der Waals surface area contributed by atoms with Crippen molar-refractivity contribution in [3.8, 4) is 0 Å². The Kier molecular flexibility index (Phi) is 6.15. The van der Waals surface area contributed by atoms with E-state index in [1.807, 2.05) is 0 Å². The van der Waals surface area contributed by atoms with E-state index in [0.29, 0.717) is 12.1 Å². The van der Waals surface area contributed by atoms with E-state index in [4.69, 9.17) is 4.74 Å². The van der Waals surface area contributed by atoms with Crippen LogP contribution in [-0.4, -0.2) is 19.3 Å². The molecule has 0 saturated carbocycles. The minimum absolute atomic E-state index is 0.467. The Balaban J connectivity index is 1.90. The molecule has 4 heteroatoms. The van der Waals surface area contributed by atoms with Crippen LogP contribution in [0.1, 0.15) is 50.6 Å². The summed E-state index contributed by atoms with van der Waals surface area (Å²) in [5, 5.41) is 8.08. The van der Waals surface area contributed by atoms with Gasteiger partial charge in [0.25, 0.3) is 0 Å². The monoisotopic (exact) mass is 331 g/mol. The highest BCUT2D eigenvalue weighted by Crippen LogP contribution is 2.31. The number of rotatable bonds is 7. The number of thiophene rings is 1. The Hall–Kier alpha value is 0.100. The largest absolute Gasteiger partial charge is 0.378 e. The summed E-state index contributed by atoms with van der Waals surface area (Å²) in [5.74, 6) is 0. The third kappa shape index (κ3) is 4.05. The van der Waals surface area contributed by atoms with Gasteiger partial charge in [-0.2, -0.15) is 11.3 Å². The second-order valence-corrected chi connectivity index (χ2v) is 6.49. The van der Waals surface area contributed by atoms with Gasteiger partial charge in [-0.25, -0.2) is 0 Å². The van der Waals surface area contributed by atoms with Crippen molar-refractivity contribution in [3.05, 3.63) is 20.8 Å². The third-order valence-electron chi connectivity index (χ3n) is 3.46. The summed E-state index contributed by atoms with van der Waals surface area (Å²) < 4.78 is 6.96. The molecule has 0 spiro atoms. The van der Waals surface area contributed by atoms with E-state index in [2.05, 4.69) is 38.9 Å². The van der Waals surface area contributed by atoms with E-state index in [1.54, 1.807) is 11.3 Å². The molecule has 2 heterocycles. The van der Waals surface area contributed by atoms with Crippen LogP contribution in [0.2, 0.25) is 0 Å². The van der Waals surface area contributed by atoms with Gasteiger partial charge >= 0.3 is 0 Å². The number of hydrogen-bond donors (Lipinski definition) is 1. The molecule has 1 fully saturated rings. The van der Waals surface area contributed by atoms with E-state index < -0.39 is 0 Å². The van der Waals surface area contributed by atoms with Gasteiger partial charge in [-0.1, -0.05) is 6.92 Å². The summed E-state index contributed by atoms with van der Waals surface area (Å²) >= 11 is 5.42. The Morgan fingerprint density at radius 2 is 2.44 bits per heavy atom. The Morgan fingerprint density at radius 1 is 1.56 bits per heavy atom. The number of halogens is 1. The van der Waals surface area contributed by atoms with E-state index in [1.165, 1.54) is 42.1 Å². The molecule has 0 radical (unpaired) electrons. The van der Waals surface area contributed by atoms with Crippen molar-refractivity contribution in [1.29, 1.82) is 0 Å². The second-order valence-electron chi connectivity index (χ2n) is 4.89. The van der Waals surface area contributed by atoms with Crippen LogP contribution in [0.25, 0.3) is 0 Å². The molecule has 0 bridgehead atoms. The van der Waals surface area contributed by atoms with Crippen LogP contribution < -0.4 is 5.32 Å². The standard InChI is InChI=1S/C14H22BrNOS/c1-2-7-16-14(12-9-18-10-13(12)15)6-5-11-4-3-8-17-11/h9-11,14,16H,2-8H2,1H3. The lowest BCUT2D eigenvalue weighted by Crippen LogP contribution is -2.23. The molecule has 0 amide bonds. The summed E-state index contributed by atoms with van der Waals surface area (Å²) in [6, 6.07) is 0.467. The molecular formula is C14H22BrNOS. The van der Waals surface area contributed by atoms with Gasteiger partial charge in [-0.15, -0.1) is 0 Å². The van der Waals surface area contributed by atoms with Crippen LogP contribution in [0.15, 0.2) is 15.2 Å². The molecule has 102 valence electrons.